The van der Waals surface area contributed by atoms with Crippen molar-refractivity contribution in [2.24, 2.45) is 5.41 Å². The van der Waals surface area contributed by atoms with Gasteiger partial charge in [-0.3, -0.25) is 9.59 Å². The molecule has 0 atom stereocenters. The Morgan fingerprint density at radius 1 is 0.974 bits per heavy atom. The maximum Gasteiger partial charge on any atom is 0.287 e. The summed E-state index contributed by atoms with van der Waals surface area (Å²) in [5, 5.41) is 13.4. The van der Waals surface area contributed by atoms with Crippen LogP contribution >= 0.6 is 0 Å². The number of carbonyl (C=O) groups is 2. The molecule has 0 spiro atoms. The third-order valence-corrected chi connectivity index (χ3v) is 8.73. The first-order valence-corrected chi connectivity index (χ1v) is 13.4. The molecule has 2 aromatic carbocycles. The zero-order valence-corrected chi connectivity index (χ0v) is 21.7. The number of fused-ring (bicyclic) bond motifs is 1. The predicted molar refractivity (Wildman–Crippen MR) is 141 cm³/mol. The zero-order valence-electron chi connectivity index (χ0n) is 21.7. The van der Waals surface area contributed by atoms with Crippen LogP contribution in [-0.4, -0.2) is 37.6 Å². The monoisotopic (exact) mass is 512 g/mol. The third kappa shape index (κ3) is 4.32. The van der Waals surface area contributed by atoms with E-state index in [9.17, 15) is 14.9 Å². The minimum atomic E-state index is -0.918. The molecule has 2 saturated carbocycles. The number of hydrogen-bond acceptors (Lipinski definition) is 6. The minimum absolute atomic E-state index is 0.0184. The molecule has 7 heteroatoms. The van der Waals surface area contributed by atoms with Crippen LogP contribution in [0.2, 0.25) is 0 Å². The van der Waals surface area contributed by atoms with Crippen LogP contribution in [0.1, 0.15) is 67.5 Å². The van der Waals surface area contributed by atoms with Crippen LogP contribution in [0.4, 0.5) is 0 Å². The zero-order chi connectivity index (χ0) is 26.4. The van der Waals surface area contributed by atoms with Crippen molar-refractivity contribution in [3.05, 3.63) is 59.9 Å². The second kappa shape index (κ2) is 9.37. The second-order valence-corrected chi connectivity index (χ2v) is 11.2. The summed E-state index contributed by atoms with van der Waals surface area (Å²) in [6.07, 6.45) is 5.75. The first kappa shape index (κ1) is 24.8. The number of Topliss-reactive ketones (excluding diaryl/α,β-unsaturated/α-hetero) is 1. The van der Waals surface area contributed by atoms with E-state index < -0.39 is 11.0 Å². The fraction of sp³-hybridized carbons (Fsp3) is 0.452. The first-order chi connectivity index (χ1) is 18.4. The lowest BCUT2D eigenvalue weighted by molar-refractivity contribution is -0.202. The summed E-state index contributed by atoms with van der Waals surface area (Å²) in [6, 6.07) is 18.2. The molecule has 2 aliphatic carbocycles. The van der Waals surface area contributed by atoms with Gasteiger partial charge in [0, 0.05) is 18.9 Å². The molecule has 7 nitrogen and oxygen atoms in total. The molecule has 0 bridgehead atoms. The Labute approximate surface area is 222 Å². The Bertz CT molecular complexity index is 1410. The number of nitriles is 1. The van der Waals surface area contributed by atoms with Crippen molar-refractivity contribution in [1.82, 2.24) is 5.32 Å². The van der Waals surface area contributed by atoms with Crippen molar-refractivity contribution in [1.29, 1.82) is 5.26 Å². The Hall–Kier alpha value is -3.47. The number of benzene rings is 2. The van der Waals surface area contributed by atoms with Gasteiger partial charge in [0.05, 0.1) is 30.2 Å². The summed E-state index contributed by atoms with van der Waals surface area (Å²) >= 11 is 0. The summed E-state index contributed by atoms with van der Waals surface area (Å²) in [5.41, 5.74) is 1.89. The van der Waals surface area contributed by atoms with Crippen LogP contribution in [0, 0.1) is 16.7 Å². The number of nitrogens with one attached hydrogen (secondary N) is 1. The molecule has 38 heavy (non-hydrogen) atoms. The second-order valence-electron chi connectivity index (χ2n) is 11.2. The molecular weight excluding hydrogens is 480 g/mol. The van der Waals surface area contributed by atoms with E-state index in [4.69, 9.17) is 13.9 Å². The summed E-state index contributed by atoms with van der Waals surface area (Å²) in [6.45, 7) is 1.11. The topological polar surface area (TPSA) is 102 Å². The van der Waals surface area contributed by atoms with E-state index in [1.54, 1.807) is 13.2 Å². The van der Waals surface area contributed by atoms with E-state index in [0.717, 1.165) is 54.2 Å². The normalized spacial score (nSPS) is 20.7. The molecule has 3 fully saturated rings. The summed E-state index contributed by atoms with van der Waals surface area (Å²) in [7, 11) is 1.71. The molecule has 3 aliphatic rings. The number of carbonyl (C=O) groups excluding carboxylic acids is 2. The minimum Gasteiger partial charge on any atom is -0.451 e. The van der Waals surface area contributed by atoms with Crippen LogP contribution < -0.4 is 5.32 Å². The molecule has 1 saturated heterocycles. The van der Waals surface area contributed by atoms with Gasteiger partial charge in [0.15, 0.2) is 11.5 Å². The quantitative estimate of drug-likeness (QED) is 0.417. The van der Waals surface area contributed by atoms with E-state index in [1.165, 1.54) is 0 Å². The smallest absolute Gasteiger partial charge is 0.287 e. The van der Waals surface area contributed by atoms with Gasteiger partial charge in [0.25, 0.3) is 5.91 Å². The molecule has 2 heterocycles. The molecule has 196 valence electrons. The highest BCUT2D eigenvalue weighted by molar-refractivity contribution is 6.01. The lowest BCUT2D eigenvalue weighted by Gasteiger charge is -2.40. The Kier molecular flexibility index (Phi) is 6.13. The average molecular weight is 513 g/mol. The fourth-order valence-corrected chi connectivity index (χ4v) is 5.84. The van der Waals surface area contributed by atoms with E-state index in [0.29, 0.717) is 31.6 Å². The van der Waals surface area contributed by atoms with Gasteiger partial charge in [-0.15, -0.1) is 0 Å². The first-order valence-electron chi connectivity index (χ1n) is 13.4. The van der Waals surface area contributed by atoms with E-state index in [1.807, 2.05) is 18.2 Å². The highest BCUT2D eigenvalue weighted by Crippen LogP contribution is 2.49. The summed E-state index contributed by atoms with van der Waals surface area (Å²) in [4.78, 5) is 26.7. The average Bonchev–Trinajstić information content (AvgIpc) is 3.56. The number of ketones is 1. The van der Waals surface area contributed by atoms with Crippen molar-refractivity contribution in [3.63, 3.8) is 0 Å². The van der Waals surface area contributed by atoms with Crippen molar-refractivity contribution >= 4 is 22.7 Å². The van der Waals surface area contributed by atoms with Gasteiger partial charge >= 0.3 is 0 Å². The molecule has 3 aromatic rings. The molecule has 1 aromatic heterocycles. The number of furan rings is 1. The van der Waals surface area contributed by atoms with Gasteiger partial charge in [0.1, 0.15) is 11.2 Å². The highest BCUT2D eigenvalue weighted by atomic mass is 16.6. The number of hydrogen-bond donors (Lipinski definition) is 1. The SMILES string of the molecule is COC1(c2ccc(-c3ccc4cc(C(=O)NC5(C(=O)CC6(C#N)CC6)CCCCC5)oc4c3)cc2)COC1. The van der Waals surface area contributed by atoms with Crippen molar-refractivity contribution in [3.8, 4) is 17.2 Å². The lowest BCUT2D eigenvalue weighted by atomic mass is 9.75. The number of nitrogens with zero attached hydrogens (tertiary/aromatic N) is 1. The van der Waals surface area contributed by atoms with E-state index in [-0.39, 0.29) is 29.5 Å². The van der Waals surface area contributed by atoms with E-state index >= 15 is 0 Å². The van der Waals surface area contributed by atoms with Crippen molar-refractivity contribution in [2.45, 2.75) is 62.5 Å². The van der Waals surface area contributed by atoms with Crippen molar-refractivity contribution in [2.75, 3.05) is 20.3 Å². The molecule has 1 aliphatic heterocycles. The van der Waals surface area contributed by atoms with Gasteiger partial charge in [-0.2, -0.15) is 5.26 Å². The van der Waals surface area contributed by atoms with Gasteiger partial charge in [0.2, 0.25) is 0 Å². The standard InChI is InChI=1S/C31H32N2O5/c1-36-31(19-37-20-31)24-9-7-21(8-10-24)22-5-6-23-16-26(38-25(23)15-22)28(35)33-30(11-3-2-4-12-30)27(34)17-29(18-32)13-14-29/h5-10,15-16H,2-4,11-14,17,19-20H2,1H3,(H,33,35). The van der Waals surface area contributed by atoms with Crippen LogP contribution in [0.3, 0.4) is 0 Å². The van der Waals surface area contributed by atoms with Crippen LogP contribution in [-0.2, 0) is 19.9 Å². The van der Waals surface area contributed by atoms with Crippen molar-refractivity contribution < 1.29 is 23.5 Å². The largest absolute Gasteiger partial charge is 0.451 e. The summed E-state index contributed by atoms with van der Waals surface area (Å²) < 4.78 is 17.0. The van der Waals surface area contributed by atoms with Crippen LogP contribution in [0.25, 0.3) is 22.1 Å². The predicted octanol–water partition coefficient (Wildman–Crippen LogP) is 5.67. The third-order valence-electron chi connectivity index (χ3n) is 8.73. The Morgan fingerprint density at radius 3 is 2.29 bits per heavy atom. The Balaban J connectivity index is 1.21. The number of ether oxygens (including phenoxy) is 2. The highest BCUT2D eigenvalue weighted by Gasteiger charge is 2.50. The van der Waals surface area contributed by atoms with Crippen LogP contribution in [0.15, 0.2) is 52.9 Å². The fourth-order valence-electron chi connectivity index (χ4n) is 5.84. The molecule has 6 rings (SSSR count). The van der Waals surface area contributed by atoms with E-state index in [2.05, 4.69) is 35.7 Å². The Morgan fingerprint density at radius 2 is 1.68 bits per heavy atom. The lowest BCUT2D eigenvalue weighted by Crippen LogP contribution is -2.56. The molecule has 1 N–H and O–H groups in total. The number of rotatable bonds is 8. The van der Waals surface area contributed by atoms with Gasteiger partial charge < -0.3 is 19.2 Å². The number of methoxy groups -OCH3 is 1. The molecular formula is C31H32N2O5. The van der Waals surface area contributed by atoms with Gasteiger partial charge in [-0.05, 0) is 54.5 Å². The molecule has 0 radical (unpaired) electrons. The van der Waals surface area contributed by atoms with Crippen LogP contribution in [0.5, 0.6) is 0 Å². The maximum absolute atomic E-state index is 13.4. The number of amides is 1. The summed E-state index contributed by atoms with van der Waals surface area (Å²) in [5.74, 6) is -0.203. The van der Waals surface area contributed by atoms with Gasteiger partial charge in [-0.25, -0.2) is 0 Å². The maximum atomic E-state index is 13.4. The molecule has 1 amide bonds. The van der Waals surface area contributed by atoms with Gasteiger partial charge in [-0.1, -0.05) is 55.7 Å². The molecule has 0 unspecified atom stereocenters.